The molecule has 3 unspecified atom stereocenters. The van der Waals surface area contributed by atoms with Crippen molar-refractivity contribution >= 4 is 34.1 Å². The quantitative estimate of drug-likeness (QED) is 0.485. The van der Waals surface area contributed by atoms with Crippen molar-refractivity contribution in [3.8, 4) is 0 Å². The lowest BCUT2D eigenvalue weighted by Crippen LogP contribution is -2.39. The molecule has 8 heteroatoms. The van der Waals surface area contributed by atoms with Crippen LogP contribution in [-0.4, -0.2) is 35.4 Å². The van der Waals surface area contributed by atoms with Crippen LogP contribution in [0, 0.1) is 12.8 Å². The minimum absolute atomic E-state index is 0.00968. The summed E-state index contributed by atoms with van der Waals surface area (Å²) in [6.45, 7) is 5.34. The summed E-state index contributed by atoms with van der Waals surface area (Å²) in [4.78, 5) is 46.1. The minimum atomic E-state index is -0.647. The van der Waals surface area contributed by atoms with Crippen molar-refractivity contribution in [1.29, 1.82) is 0 Å². The Kier molecular flexibility index (Phi) is 5.62. The molecule has 7 nitrogen and oxygen atoms in total. The highest BCUT2D eigenvalue weighted by Gasteiger charge is 2.53. The third kappa shape index (κ3) is 3.58. The first-order valence-electron chi connectivity index (χ1n) is 11.1. The van der Waals surface area contributed by atoms with Crippen LogP contribution >= 0.6 is 11.3 Å². The second-order valence-electron chi connectivity index (χ2n) is 8.44. The van der Waals surface area contributed by atoms with Gasteiger partial charge in [0.1, 0.15) is 17.6 Å². The van der Waals surface area contributed by atoms with Crippen LogP contribution in [0.3, 0.4) is 0 Å². The Morgan fingerprint density at radius 1 is 1.27 bits per heavy atom. The normalized spacial score (nSPS) is 24.3. The molecule has 2 aromatic rings. The number of anilines is 1. The monoisotopic (exact) mass is 464 g/mol. The van der Waals surface area contributed by atoms with Crippen molar-refractivity contribution in [2.24, 2.45) is 5.92 Å². The maximum atomic E-state index is 13.6. The Hall–Kier alpha value is -3.26. The summed E-state index contributed by atoms with van der Waals surface area (Å²) in [7, 11) is 0. The van der Waals surface area contributed by atoms with Gasteiger partial charge < -0.3 is 9.47 Å². The summed E-state index contributed by atoms with van der Waals surface area (Å²) < 4.78 is 11.3. The van der Waals surface area contributed by atoms with Crippen LogP contribution in [0.1, 0.15) is 52.7 Å². The maximum absolute atomic E-state index is 13.6. The molecule has 1 aliphatic carbocycles. The van der Waals surface area contributed by atoms with Gasteiger partial charge in [-0.3, -0.25) is 14.5 Å². The zero-order valence-corrected chi connectivity index (χ0v) is 19.1. The molecule has 5 rings (SSSR count). The summed E-state index contributed by atoms with van der Waals surface area (Å²) in [6.07, 6.45) is 4.74. The molecule has 3 atom stereocenters. The van der Waals surface area contributed by atoms with E-state index in [4.69, 9.17) is 9.47 Å². The number of Topliss-reactive ketones (excluding diaryl/α,β-unsaturated/α-hetero) is 1. The number of carbonyl (C=O) groups is 3. The van der Waals surface area contributed by atoms with Crippen molar-refractivity contribution < 1.29 is 23.9 Å². The van der Waals surface area contributed by atoms with Crippen LogP contribution < -0.4 is 4.90 Å². The van der Waals surface area contributed by atoms with Gasteiger partial charge in [-0.1, -0.05) is 60.7 Å². The third-order valence-corrected chi connectivity index (χ3v) is 7.52. The van der Waals surface area contributed by atoms with Crippen molar-refractivity contribution in [2.45, 2.75) is 44.8 Å². The molecule has 1 aromatic heterocycles. The SMILES string of the molecule is C=CCOC(=O)c1sc(N2C(=O)C3=C(C(=O)C4CCCCC4O3)C2c2ccccc2)nc1C. The number of aromatic nitrogens is 1. The molecule has 0 saturated heterocycles. The number of benzene rings is 1. The van der Waals surface area contributed by atoms with Crippen LogP contribution in [0.4, 0.5) is 5.13 Å². The van der Waals surface area contributed by atoms with E-state index >= 15 is 0 Å². The van der Waals surface area contributed by atoms with Crippen molar-refractivity contribution in [3.63, 3.8) is 0 Å². The van der Waals surface area contributed by atoms with Crippen LogP contribution in [0.5, 0.6) is 0 Å². The Balaban J connectivity index is 1.59. The topological polar surface area (TPSA) is 85.8 Å². The molecule has 1 fully saturated rings. The van der Waals surface area contributed by atoms with Crippen molar-refractivity contribution in [1.82, 2.24) is 4.98 Å². The van der Waals surface area contributed by atoms with Crippen LogP contribution in [0.15, 0.2) is 54.3 Å². The Bertz CT molecular complexity index is 1170. The van der Waals surface area contributed by atoms with Gasteiger partial charge in [-0.15, -0.1) is 0 Å². The number of hydrogen-bond acceptors (Lipinski definition) is 7. The van der Waals surface area contributed by atoms with Crippen LogP contribution in [-0.2, 0) is 19.1 Å². The smallest absolute Gasteiger partial charge is 0.350 e. The predicted octanol–water partition coefficient (Wildman–Crippen LogP) is 4.29. The van der Waals surface area contributed by atoms with Crippen molar-refractivity contribution in [2.75, 3.05) is 11.5 Å². The lowest BCUT2D eigenvalue weighted by Gasteiger charge is -2.35. The molecule has 170 valence electrons. The first-order valence-corrected chi connectivity index (χ1v) is 11.9. The van der Waals surface area contributed by atoms with Gasteiger partial charge in [0.05, 0.1) is 23.2 Å². The van der Waals surface area contributed by atoms with E-state index in [9.17, 15) is 14.4 Å². The Morgan fingerprint density at radius 3 is 2.79 bits per heavy atom. The van der Waals surface area contributed by atoms with Gasteiger partial charge >= 0.3 is 5.97 Å². The Labute approximate surface area is 195 Å². The number of rotatable bonds is 5. The average Bonchev–Trinajstić information content (AvgIpc) is 3.35. The van der Waals surface area contributed by atoms with Gasteiger partial charge in [0.25, 0.3) is 5.91 Å². The summed E-state index contributed by atoms with van der Waals surface area (Å²) in [6, 6.07) is 8.77. The highest BCUT2D eigenvalue weighted by atomic mass is 32.1. The van der Waals surface area contributed by atoms with Crippen molar-refractivity contribution in [3.05, 3.63) is 70.5 Å². The molecule has 0 radical (unpaired) electrons. The highest BCUT2D eigenvalue weighted by Crippen LogP contribution is 2.49. The number of hydrogen-bond donors (Lipinski definition) is 0. The van der Waals surface area contributed by atoms with E-state index in [-0.39, 0.29) is 30.2 Å². The molecule has 0 bridgehead atoms. The first-order chi connectivity index (χ1) is 16.0. The fraction of sp³-hybridized carbons (Fsp3) is 0.360. The molecule has 3 heterocycles. The fourth-order valence-electron chi connectivity index (χ4n) is 4.87. The van der Waals surface area contributed by atoms with E-state index in [2.05, 4.69) is 11.6 Å². The molecule has 33 heavy (non-hydrogen) atoms. The first kappa shape index (κ1) is 21.6. The number of carbonyl (C=O) groups excluding carboxylic acids is 3. The summed E-state index contributed by atoms with van der Waals surface area (Å²) in [5.41, 5.74) is 1.66. The summed E-state index contributed by atoms with van der Waals surface area (Å²) in [5.74, 6) is -1.02. The number of nitrogens with zero attached hydrogens (tertiary/aromatic N) is 2. The van der Waals surface area contributed by atoms with Gasteiger partial charge in [-0.2, -0.15) is 0 Å². The lowest BCUT2D eigenvalue weighted by atomic mass is 9.77. The molecule has 0 N–H and O–H groups in total. The van der Waals surface area contributed by atoms with Gasteiger partial charge in [-0.25, -0.2) is 9.78 Å². The van der Waals surface area contributed by atoms with Gasteiger partial charge in [0.2, 0.25) is 0 Å². The van der Waals surface area contributed by atoms with E-state index in [0.29, 0.717) is 21.3 Å². The number of ether oxygens (including phenoxy) is 2. The van der Waals surface area contributed by atoms with Gasteiger partial charge in [0.15, 0.2) is 16.7 Å². The number of ketones is 1. The zero-order chi connectivity index (χ0) is 23.1. The largest absolute Gasteiger partial charge is 0.483 e. The molecule has 0 spiro atoms. The molecule has 3 aliphatic rings. The number of amides is 1. The zero-order valence-electron chi connectivity index (χ0n) is 18.3. The third-order valence-electron chi connectivity index (χ3n) is 6.39. The standard InChI is InChI=1S/C25H24N2O5S/c1-3-13-31-24(30)22-14(2)26-25(33-22)27-19(15-9-5-4-6-10-15)18-20(28)16-11-7-8-12-17(16)32-21(18)23(27)29/h3-6,9-10,16-17,19H,1,7-8,11-13H2,2H3. The number of thiazole rings is 1. The van der Waals surface area contributed by atoms with Crippen LogP contribution in [0.2, 0.25) is 0 Å². The number of fused-ring (bicyclic) bond motifs is 1. The Morgan fingerprint density at radius 2 is 2.03 bits per heavy atom. The van der Waals surface area contributed by atoms with E-state index < -0.39 is 17.9 Å². The molecule has 1 saturated carbocycles. The molecular formula is C25H24N2O5S. The summed E-state index contributed by atoms with van der Waals surface area (Å²) in [5, 5.41) is 0.339. The second-order valence-corrected chi connectivity index (χ2v) is 9.42. The maximum Gasteiger partial charge on any atom is 0.350 e. The van der Waals surface area contributed by atoms with Gasteiger partial charge in [0, 0.05) is 0 Å². The number of esters is 1. The van der Waals surface area contributed by atoms with E-state index in [1.165, 1.54) is 11.0 Å². The average molecular weight is 465 g/mol. The molecule has 1 amide bonds. The van der Waals surface area contributed by atoms with E-state index in [0.717, 1.165) is 42.6 Å². The molecule has 2 aliphatic heterocycles. The van der Waals surface area contributed by atoms with E-state index in [1.807, 2.05) is 30.3 Å². The fourth-order valence-corrected chi connectivity index (χ4v) is 5.86. The lowest BCUT2D eigenvalue weighted by molar-refractivity contribution is -0.131. The number of aryl methyl sites for hydroxylation is 1. The molecular weight excluding hydrogens is 440 g/mol. The van der Waals surface area contributed by atoms with Gasteiger partial charge in [-0.05, 0) is 31.7 Å². The highest BCUT2D eigenvalue weighted by molar-refractivity contribution is 7.17. The minimum Gasteiger partial charge on any atom is -0.483 e. The van der Waals surface area contributed by atoms with E-state index in [1.54, 1.807) is 6.92 Å². The predicted molar refractivity (Wildman–Crippen MR) is 123 cm³/mol. The second kappa shape index (κ2) is 8.59. The van der Waals surface area contributed by atoms with Crippen LogP contribution in [0.25, 0.3) is 0 Å². The molecule has 1 aromatic carbocycles. The summed E-state index contributed by atoms with van der Waals surface area (Å²) >= 11 is 1.08.